The molecule has 1 aromatic heterocycles. The van der Waals surface area contributed by atoms with Gasteiger partial charge in [0.1, 0.15) is 10.7 Å². The molecule has 0 saturated carbocycles. The zero-order valence-corrected chi connectivity index (χ0v) is 12.7. The second kappa shape index (κ2) is 6.73. The maximum Gasteiger partial charge on any atom is 0.346 e. The summed E-state index contributed by atoms with van der Waals surface area (Å²) in [6.07, 6.45) is 0. The van der Waals surface area contributed by atoms with E-state index in [-0.39, 0.29) is 22.4 Å². The maximum atomic E-state index is 12.7. The lowest BCUT2D eigenvalue weighted by molar-refractivity contribution is -0.113. The minimum atomic E-state index is -1.00. The number of hydrogen-bond acceptors (Lipinski definition) is 4. The van der Waals surface area contributed by atoms with Gasteiger partial charge in [0.05, 0.1) is 10.8 Å². The monoisotopic (exact) mass is 325 g/mol. The van der Waals surface area contributed by atoms with Gasteiger partial charge < -0.3 is 10.4 Å². The lowest BCUT2D eigenvalue weighted by Gasteiger charge is -2.02. The summed E-state index contributed by atoms with van der Waals surface area (Å²) in [5.74, 6) is -1.38. The quantitative estimate of drug-likeness (QED) is 0.824. The molecule has 21 heavy (non-hydrogen) atoms. The Kier molecular flexibility index (Phi) is 4.98. The van der Waals surface area contributed by atoms with E-state index in [9.17, 15) is 14.0 Å². The second-order valence-electron chi connectivity index (χ2n) is 4.22. The molecular formula is C14H12FNO3S2. The molecule has 7 heteroatoms. The standard InChI is InChI=1S/C14H12FNO3S2/c1-8-6-12(21-13(8)14(18)19)16-11(17)7-20-10-4-2-9(15)3-5-10/h2-6H,7H2,1H3,(H,16,17)(H,18,19). The zero-order valence-electron chi connectivity index (χ0n) is 11.1. The minimum absolute atomic E-state index is 0.172. The van der Waals surface area contributed by atoms with Gasteiger partial charge in [-0.25, -0.2) is 9.18 Å². The first kappa shape index (κ1) is 15.5. The lowest BCUT2D eigenvalue weighted by Crippen LogP contribution is -2.12. The molecule has 4 nitrogen and oxygen atoms in total. The Hall–Kier alpha value is -1.86. The van der Waals surface area contributed by atoms with E-state index in [4.69, 9.17) is 5.11 Å². The zero-order chi connectivity index (χ0) is 15.4. The molecule has 110 valence electrons. The summed E-state index contributed by atoms with van der Waals surface area (Å²) in [7, 11) is 0. The second-order valence-corrected chi connectivity index (χ2v) is 6.32. The highest BCUT2D eigenvalue weighted by Crippen LogP contribution is 2.27. The number of anilines is 1. The number of halogens is 1. The third-order valence-electron chi connectivity index (χ3n) is 2.56. The molecule has 0 aliphatic heterocycles. The molecule has 0 spiro atoms. The van der Waals surface area contributed by atoms with Gasteiger partial charge in [-0.3, -0.25) is 4.79 Å². The number of hydrogen-bond donors (Lipinski definition) is 2. The number of aryl methyl sites for hydroxylation is 1. The van der Waals surface area contributed by atoms with Crippen molar-refractivity contribution in [3.63, 3.8) is 0 Å². The van der Waals surface area contributed by atoms with Crippen molar-refractivity contribution in [1.29, 1.82) is 0 Å². The van der Waals surface area contributed by atoms with Gasteiger partial charge in [0, 0.05) is 4.90 Å². The Balaban J connectivity index is 1.91. The molecule has 1 aromatic carbocycles. The number of aromatic carboxylic acids is 1. The van der Waals surface area contributed by atoms with Crippen molar-refractivity contribution in [2.75, 3.05) is 11.1 Å². The molecule has 0 radical (unpaired) electrons. The van der Waals surface area contributed by atoms with E-state index in [1.165, 1.54) is 23.9 Å². The largest absolute Gasteiger partial charge is 0.477 e. The van der Waals surface area contributed by atoms with Crippen LogP contribution in [0.2, 0.25) is 0 Å². The number of amides is 1. The van der Waals surface area contributed by atoms with Crippen LogP contribution < -0.4 is 5.32 Å². The number of carbonyl (C=O) groups excluding carboxylic acids is 1. The van der Waals surface area contributed by atoms with Crippen molar-refractivity contribution in [2.45, 2.75) is 11.8 Å². The average molecular weight is 325 g/mol. The lowest BCUT2D eigenvalue weighted by atomic mass is 10.3. The van der Waals surface area contributed by atoms with Crippen LogP contribution in [-0.2, 0) is 4.79 Å². The molecule has 2 rings (SSSR count). The number of carboxylic acid groups (broad SMARTS) is 1. The third kappa shape index (κ3) is 4.30. The van der Waals surface area contributed by atoms with Gasteiger partial charge in [-0.15, -0.1) is 23.1 Å². The van der Waals surface area contributed by atoms with Crippen LogP contribution in [0.15, 0.2) is 35.2 Å². The SMILES string of the molecule is Cc1cc(NC(=O)CSc2ccc(F)cc2)sc1C(=O)O. The number of carboxylic acids is 1. The number of nitrogens with one attached hydrogen (secondary N) is 1. The van der Waals surface area contributed by atoms with E-state index in [1.807, 2.05) is 0 Å². The van der Waals surface area contributed by atoms with Crippen LogP contribution in [0.5, 0.6) is 0 Å². The molecule has 2 aromatic rings. The van der Waals surface area contributed by atoms with Crippen LogP contribution >= 0.6 is 23.1 Å². The highest BCUT2D eigenvalue weighted by molar-refractivity contribution is 8.00. The predicted molar refractivity (Wildman–Crippen MR) is 81.8 cm³/mol. The maximum absolute atomic E-state index is 12.7. The van der Waals surface area contributed by atoms with Crippen molar-refractivity contribution in [3.8, 4) is 0 Å². The van der Waals surface area contributed by atoms with Crippen molar-refractivity contribution in [3.05, 3.63) is 46.6 Å². The van der Waals surface area contributed by atoms with Gasteiger partial charge in [0.15, 0.2) is 0 Å². The molecule has 0 aliphatic rings. The fourth-order valence-corrected chi connectivity index (χ4v) is 3.24. The summed E-state index contributed by atoms with van der Waals surface area (Å²) in [6, 6.07) is 7.51. The smallest absolute Gasteiger partial charge is 0.346 e. The van der Waals surface area contributed by atoms with Crippen LogP contribution in [-0.4, -0.2) is 22.7 Å². The Morgan fingerprint density at radius 1 is 1.33 bits per heavy atom. The molecule has 0 aliphatic carbocycles. The Labute approximate surface area is 129 Å². The Morgan fingerprint density at radius 3 is 2.57 bits per heavy atom. The van der Waals surface area contributed by atoms with Crippen LogP contribution in [0, 0.1) is 12.7 Å². The van der Waals surface area contributed by atoms with E-state index >= 15 is 0 Å². The average Bonchev–Trinajstić information content (AvgIpc) is 2.79. The molecule has 0 fully saturated rings. The van der Waals surface area contributed by atoms with Gasteiger partial charge in [-0.1, -0.05) is 0 Å². The van der Waals surface area contributed by atoms with Crippen LogP contribution in [0.1, 0.15) is 15.2 Å². The topological polar surface area (TPSA) is 66.4 Å². The van der Waals surface area contributed by atoms with Gasteiger partial charge in [0.2, 0.25) is 5.91 Å². The molecule has 0 saturated heterocycles. The van der Waals surface area contributed by atoms with Crippen molar-refractivity contribution < 1.29 is 19.1 Å². The number of benzene rings is 1. The first-order valence-electron chi connectivity index (χ1n) is 5.97. The van der Waals surface area contributed by atoms with E-state index < -0.39 is 5.97 Å². The van der Waals surface area contributed by atoms with Gasteiger partial charge in [-0.2, -0.15) is 0 Å². The molecule has 0 unspecified atom stereocenters. The molecular weight excluding hydrogens is 313 g/mol. The first-order valence-corrected chi connectivity index (χ1v) is 7.78. The first-order chi connectivity index (χ1) is 9.95. The van der Waals surface area contributed by atoms with Crippen LogP contribution in [0.4, 0.5) is 9.39 Å². The summed E-state index contributed by atoms with van der Waals surface area (Å²) in [5.41, 5.74) is 0.619. The van der Waals surface area contributed by atoms with E-state index in [2.05, 4.69) is 5.32 Å². The van der Waals surface area contributed by atoms with Crippen molar-refractivity contribution >= 4 is 40.0 Å². The Bertz CT molecular complexity index is 667. The van der Waals surface area contributed by atoms with Crippen molar-refractivity contribution in [1.82, 2.24) is 0 Å². The van der Waals surface area contributed by atoms with E-state index in [1.54, 1.807) is 25.1 Å². The van der Waals surface area contributed by atoms with E-state index in [0.717, 1.165) is 16.2 Å². The summed E-state index contributed by atoms with van der Waals surface area (Å²) in [6.45, 7) is 1.68. The molecule has 2 N–H and O–H groups in total. The number of carbonyl (C=O) groups is 2. The highest BCUT2D eigenvalue weighted by atomic mass is 32.2. The van der Waals surface area contributed by atoms with Crippen LogP contribution in [0.25, 0.3) is 0 Å². The molecule has 0 bridgehead atoms. The third-order valence-corrected chi connectivity index (χ3v) is 4.71. The highest BCUT2D eigenvalue weighted by Gasteiger charge is 2.13. The number of thiophene rings is 1. The summed E-state index contributed by atoms with van der Waals surface area (Å²) in [5, 5.41) is 12.1. The number of rotatable bonds is 5. The Morgan fingerprint density at radius 2 is 2.00 bits per heavy atom. The summed E-state index contributed by atoms with van der Waals surface area (Å²) >= 11 is 2.31. The molecule has 1 heterocycles. The van der Waals surface area contributed by atoms with E-state index in [0.29, 0.717) is 10.6 Å². The fourth-order valence-electron chi connectivity index (χ4n) is 1.61. The molecule has 1 amide bonds. The predicted octanol–water partition coefficient (Wildman–Crippen LogP) is 3.62. The van der Waals surface area contributed by atoms with Gasteiger partial charge in [0.25, 0.3) is 0 Å². The van der Waals surface area contributed by atoms with Gasteiger partial charge >= 0.3 is 5.97 Å². The number of thioether (sulfide) groups is 1. The summed E-state index contributed by atoms with van der Waals surface area (Å²) < 4.78 is 12.7. The fraction of sp³-hybridized carbons (Fsp3) is 0.143. The minimum Gasteiger partial charge on any atom is -0.477 e. The normalized spacial score (nSPS) is 10.4. The summed E-state index contributed by atoms with van der Waals surface area (Å²) in [4.78, 5) is 23.7. The molecule has 0 atom stereocenters. The van der Waals surface area contributed by atoms with Crippen molar-refractivity contribution in [2.24, 2.45) is 0 Å². The van der Waals surface area contributed by atoms with Gasteiger partial charge in [-0.05, 0) is 42.8 Å². The van der Waals surface area contributed by atoms with Crippen LogP contribution in [0.3, 0.4) is 0 Å².